The minimum absolute atomic E-state index is 0.0784. The van der Waals surface area contributed by atoms with Gasteiger partial charge in [0.15, 0.2) is 0 Å². The molecule has 1 aliphatic rings. The van der Waals surface area contributed by atoms with E-state index < -0.39 is 0 Å². The number of nitrogens with one attached hydrogen (secondary N) is 1. The molecule has 1 unspecified atom stereocenters. The summed E-state index contributed by atoms with van der Waals surface area (Å²) in [6, 6.07) is 6.93. The number of hydrogen-bond acceptors (Lipinski definition) is 3. The Hall–Kier alpha value is -1.62. The largest absolute Gasteiger partial charge is 0.450 e. The van der Waals surface area contributed by atoms with Crippen LogP contribution in [0.1, 0.15) is 38.2 Å². The molecule has 1 aromatic rings. The highest BCUT2D eigenvalue weighted by Crippen LogP contribution is 2.15. The third kappa shape index (κ3) is 5.30. The molecule has 0 saturated carbocycles. The standard InChI is InChI=1S/C17H25FN2O2/c1-2-3-11-22-17(21)19-15-8-6-10-20(13-15)12-14-7-4-5-9-16(14)18/h4-5,7,9,15H,2-3,6,8,10-13H2,1H3,(H,19,21). The molecule has 1 saturated heterocycles. The van der Waals surface area contributed by atoms with E-state index in [0.717, 1.165) is 38.8 Å². The minimum atomic E-state index is -0.341. The van der Waals surface area contributed by atoms with Gasteiger partial charge in [-0.2, -0.15) is 0 Å². The van der Waals surface area contributed by atoms with Crippen molar-refractivity contribution in [2.24, 2.45) is 0 Å². The Kier molecular flexibility index (Phi) is 6.65. The molecular weight excluding hydrogens is 283 g/mol. The Morgan fingerprint density at radius 2 is 2.27 bits per heavy atom. The molecule has 5 heteroatoms. The van der Waals surface area contributed by atoms with E-state index in [-0.39, 0.29) is 18.0 Å². The van der Waals surface area contributed by atoms with Gasteiger partial charge in [0.2, 0.25) is 0 Å². The van der Waals surface area contributed by atoms with Crippen LogP contribution in [-0.2, 0) is 11.3 Å². The van der Waals surface area contributed by atoms with Gasteiger partial charge in [0.25, 0.3) is 0 Å². The normalized spacial score (nSPS) is 18.9. The molecule has 1 fully saturated rings. The Morgan fingerprint density at radius 1 is 1.45 bits per heavy atom. The summed E-state index contributed by atoms with van der Waals surface area (Å²) in [4.78, 5) is 13.9. The van der Waals surface area contributed by atoms with E-state index in [1.165, 1.54) is 6.07 Å². The lowest BCUT2D eigenvalue weighted by Crippen LogP contribution is -2.47. The minimum Gasteiger partial charge on any atom is -0.450 e. The van der Waals surface area contributed by atoms with Gasteiger partial charge in [-0.3, -0.25) is 4.90 Å². The highest BCUT2D eigenvalue weighted by atomic mass is 19.1. The van der Waals surface area contributed by atoms with E-state index in [0.29, 0.717) is 18.7 Å². The zero-order valence-electron chi connectivity index (χ0n) is 13.2. The maximum Gasteiger partial charge on any atom is 0.407 e. The number of nitrogens with zero attached hydrogens (tertiary/aromatic N) is 1. The lowest BCUT2D eigenvalue weighted by atomic mass is 10.0. The number of likely N-dealkylation sites (tertiary alicyclic amines) is 1. The molecule has 0 radical (unpaired) electrons. The van der Waals surface area contributed by atoms with E-state index in [1.54, 1.807) is 6.07 Å². The van der Waals surface area contributed by atoms with Crippen LogP contribution in [0.25, 0.3) is 0 Å². The summed E-state index contributed by atoms with van der Waals surface area (Å²) in [5.41, 5.74) is 0.702. The zero-order valence-corrected chi connectivity index (χ0v) is 13.2. The molecule has 0 aliphatic carbocycles. The molecule has 1 N–H and O–H groups in total. The molecular formula is C17H25FN2O2. The van der Waals surface area contributed by atoms with Crippen LogP contribution in [0, 0.1) is 5.82 Å². The Balaban J connectivity index is 1.79. The average Bonchev–Trinajstić information content (AvgIpc) is 2.50. The van der Waals surface area contributed by atoms with Gasteiger partial charge in [0, 0.05) is 24.7 Å². The number of carbonyl (C=O) groups is 1. The predicted molar refractivity (Wildman–Crippen MR) is 84.1 cm³/mol. The number of alkyl carbamates (subject to hydrolysis) is 1. The van der Waals surface area contributed by atoms with Crippen LogP contribution in [0.5, 0.6) is 0 Å². The maximum atomic E-state index is 13.7. The number of rotatable bonds is 6. The van der Waals surface area contributed by atoms with Crippen molar-refractivity contribution in [3.05, 3.63) is 35.6 Å². The van der Waals surface area contributed by atoms with Gasteiger partial charge < -0.3 is 10.1 Å². The van der Waals surface area contributed by atoms with Crippen LogP contribution in [0.3, 0.4) is 0 Å². The predicted octanol–water partition coefficient (Wildman–Crippen LogP) is 3.32. The van der Waals surface area contributed by atoms with Crippen molar-refractivity contribution < 1.29 is 13.9 Å². The first-order chi connectivity index (χ1) is 10.7. The van der Waals surface area contributed by atoms with Crippen molar-refractivity contribution in [3.63, 3.8) is 0 Å². The molecule has 22 heavy (non-hydrogen) atoms. The topological polar surface area (TPSA) is 41.6 Å². The van der Waals surface area contributed by atoms with Crippen LogP contribution in [0.15, 0.2) is 24.3 Å². The first-order valence-corrected chi connectivity index (χ1v) is 8.08. The molecule has 1 amide bonds. The lowest BCUT2D eigenvalue weighted by molar-refractivity contribution is 0.126. The molecule has 0 spiro atoms. The first-order valence-electron chi connectivity index (χ1n) is 8.08. The average molecular weight is 308 g/mol. The van der Waals surface area contributed by atoms with Crippen molar-refractivity contribution in [2.75, 3.05) is 19.7 Å². The molecule has 1 heterocycles. The summed E-state index contributed by atoms with van der Waals surface area (Å²) in [5, 5.41) is 2.91. The van der Waals surface area contributed by atoms with Gasteiger partial charge >= 0.3 is 6.09 Å². The van der Waals surface area contributed by atoms with Crippen LogP contribution in [-0.4, -0.2) is 36.7 Å². The molecule has 1 aromatic carbocycles. The number of amides is 1. The smallest absolute Gasteiger partial charge is 0.407 e. The van der Waals surface area contributed by atoms with Gasteiger partial charge in [-0.15, -0.1) is 0 Å². The fraction of sp³-hybridized carbons (Fsp3) is 0.588. The lowest BCUT2D eigenvalue weighted by Gasteiger charge is -2.33. The van der Waals surface area contributed by atoms with Crippen molar-refractivity contribution in [1.82, 2.24) is 10.2 Å². The number of piperidine rings is 1. The second kappa shape index (κ2) is 8.73. The van der Waals surface area contributed by atoms with Crippen LogP contribution < -0.4 is 5.32 Å². The Bertz CT molecular complexity index is 481. The Labute approximate surface area is 131 Å². The summed E-state index contributed by atoms with van der Waals surface area (Å²) in [5.74, 6) is -0.170. The zero-order chi connectivity index (χ0) is 15.8. The van der Waals surface area contributed by atoms with Crippen molar-refractivity contribution >= 4 is 6.09 Å². The second-order valence-electron chi connectivity index (χ2n) is 5.80. The number of hydrogen-bond donors (Lipinski definition) is 1. The molecule has 122 valence electrons. The van der Waals surface area contributed by atoms with Gasteiger partial charge in [0.1, 0.15) is 5.82 Å². The van der Waals surface area contributed by atoms with Gasteiger partial charge in [-0.25, -0.2) is 9.18 Å². The SMILES string of the molecule is CCCCOC(=O)NC1CCCN(Cc2ccccc2F)C1. The molecule has 4 nitrogen and oxygen atoms in total. The summed E-state index contributed by atoms with van der Waals surface area (Å²) in [6.45, 7) is 4.77. The highest BCUT2D eigenvalue weighted by molar-refractivity contribution is 5.67. The number of unbranched alkanes of at least 4 members (excludes halogenated alkanes) is 1. The molecule has 0 aromatic heterocycles. The van der Waals surface area contributed by atoms with Crippen molar-refractivity contribution in [1.29, 1.82) is 0 Å². The maximum absolute atomic E-state index is 13.7. The number of ether oxygens (including phenoxy) is 1. The Morgan fingerprint density at radius 3 is 3.05 bits per heavy atom. The van der Waals surface area contributed by atoms with Gasteiger partial charge in [0.05, 0.1) is 6.61 Å². The summed E-state index contributed by atoms with van der Waals surface area (Å²) < 4.78 is 18.8. The van der Waals surface area contributed by atoms with E-state index >= 15 is 0 Å². The van der Waals surface area contributed by atoms with Gasteiger partial charge in [-0.1, -0.05) is 31.5 Å². The van der Waals surface area contributed by atoms with E-state index in [9.17, 15) is 9.18 Å². The van der Waals surface area contributed by atoms with Crippen LogP contribution in [0.2, 0.25) is 0 Å². The molecule has 1 atom stereocenters. The van der Waals surface area contributed by atoms with E-state index in [2.05, 4.69) is 17.1 Å². The number of carbonyl (C=O) groups excluding carboxylic acids is 1. The fourth-order valence-corrected chi connectivity index (χ4v) is 2.70. The van der Waals surface area contributed by atoms with E-state index in [1.807, 2.05) is 12.1 Å². The third-order valence-corrected chi connectivity index (χ3v) is 3.91. The first kappa shape index (κ1) is 16.7. The molecule has 0 bridgehead atoms. The quantitative estimate of drug-likeness (QED) is 0.820. The van der Waals surface area contributed by atoms with Crippen molar-refractivity contribution in [3.8, 4) is 0 Å². The number of benzene rings is 1. The van der Waals surface area contributed by atoms with Gasteiger partial charge in [-0.05, 0) is 31.9 Å². The van der Waals surface area contributed by atoms with Crippen LogP contribution >= 0.6 is 0 Å². The number of halogens is 1. The summed E-state index contributed by atoms with van der Waals surface area (Å²) in [7, 11) is 0. The molecule has 2 rings (SSSR count). The highest BCUT2D eigenvalue weighted by Gasteiger charge is 2.22. The fourth-order valence-electron chi connectivity index (χ4n) is 2.70. The third-order valence-electron chi connectivity index (χ3n) is 3.91. The van der Waals surface area contributed by atoms with Crippen molar-refractivity contribution in [2.45, 2.75) is 45.2 Å². The summed E-state index contributed by atoms with van der Waals surface area (Å²) >= 11 is 0. The second-order valence-corrected chi connectivity index (χ2v) is 5.80. The summed E-state index contributed by atoms with van der Waals surface area (Å²) in [6.07, 6.45) is 3.49. The van der Waals surface area contributed by atoms with Crippen LogP contribution in [0.4, 0.5) is 9.18 Å². The molecule has 1 aliphatic heterocycles. The monoisotopic (exact) mass is 308 g/mol. The van der Waals surface area contributed by atoms with E-state index in [4.69, 9.17) is 4.74 Å².